The second-order valence-corrected chi connectivity index (χ2v) is 8.72. The molecule has 174 valence electrons. The van der Waals surface area contributed by atoms with Gasteiger partial charge in [0.05, 0.1) is 11.2 Å². The first kappa shape index (κ1) is 22.9. The highest BCUT2D eigenvalue weighted by Gasteiger charge is 2.19. The lowest BCUT2D eigenvalue weighted by molar-refractivity contribution is 0.531. The second kappa shape index (κ2) is 9.76. The lowest BCUT2D eigenvalue weighted by Gasteiger charge is -2.12. The number of nitrogens with zero attached hydrogens (tertiary/aromatic N) is 4. The van der Waals surface area contributed by atoms with Crippen molar-refractivity contribution < 1.29 is 13.2 Å². The number of aromatic nitrogens is 4. The molecule has 0 aliphatic heterocycles. The zero-order valence-corrected chi connectivity index (χ0v) is 19.3. The van der Waals surface area contributed by atoms with E-state index in [0.29, 0.717) is 29.7 Å². The molecule has 5 rings (SSSR count). The van der Waals surface area contributed by atoms with Crippen LogP contribution in [0.3, 0.4) is 0 Å². The zero-order valence-electron chi connectivity index (χ0n) is 18.5. The molecule has 0 aliphatic rings. The third kappa shape index (κ3) is 4.57. The average molecular weight is 489 g/mol. The average Bonchev–Trinajstić information content (AvgIpc) is 3.25. The van der Waals surface area contributed by atoms with Crippen molar-refractivity contribution in [3.63, 3.8) is 0 Å². The molecule has 35 heavy (non-hydrogen) atoms. The third-order valence-corrected chi connectivity index (χ3v) is 6.50. The van der Waals surface area contributed by atoms with E-state index in [2.05, 4.69) is 16.8 Å². The number of rotatable bonds is 7. The van der Waals surface area contributed by atoms with Crippen LogP contribution in [-0.4, -0.2) is 19.7 Å². The molecule has 5 aromatic rings. The first-order chi connectivity index (χ1) is 17.0. The molecule has 4 nitrogen and oxygen atoms in total. The van der Waals surface area contributed by atoms with Gasteiger partial charge in [-0.25, -0.2) is 18.2 Å². The summed E-state index contributed by atoms with van der Waals surface area (Å²) in [6, 6.07) is 20.9. The summed E-state index contributed by atoms with van der Waals surface area (Å²) in [6.45, 7) is 4.22. The van der Waals surface area contributed by atoms with Gasteiger partial charge in [0, 0.05) is 46.5 Å². The van der Waals surface area contributed by atoms with Gasteiger partial charge in [0.1, 0.15) is 17.5 Å². The van der Waals surface area contributed by atoms with Crippen LogP contribution in [0, 0.1) is 17.5 Å². The summed E-state index contributed by atoms with van der Waals surface area (Å²) < 4.78 is 43.4. The minimum atomic E-state index is -0.954. The van der Waals surface area contributed by atoms with Gasteiger partial charge in [-0.05, 0) is 12.1 Å². The zero-order chi connectivity index (χ0) is 24.4. The van der Waals surface area contributed by atoms with Gasteiger partial charge in [-0.3, -0.25) is 4.57 Å². The molecular weight excluding hydrogens is 469 g/mol. The molecule has 0 N–H and O–H groups in total. The lowest BCUT2D eigenvalue weighted by Crippen LogP contribution is -2.03. The fraction of sp³-hybridized carbons (Fsp3) is 0.0741. The Kier molecular flexibility index (Phi) is 6.37. The van der Waals surface area contributed by atoms with Gasteiger partial charge in [-0.1, -0.05) is 66.4 Å². The quantitative estimate of drug-likeness (QED) is 0.182. The Morgan fingerprint density at radius 3 is 2.34 bits per heavy atom. The van der Waals surface area contributed by atoms with Crippen LogP contribution in [0.1, 0.15) is 5.56 Å². The minimum Gasteiger partial charge on any atom is -0.298 e. The minimum absolute atomic E-state index is 0.0699. The standard InChI is InChI=1S/C27H19F3N4S/c1-2-12-34-26(32-33-27(34)35-16-21-22(29)13-18(28)14-23(21)30)20-15-25(17-8-4-3-5-9-17)31-24-11-7-6-10-19(20)24/h2-11,13-15H,1,12,16H2. The monoisotopic (exact) mass is 488 g/mol. The molecular formula is C27H19F3N4S. The summed E-state index contributed by atoms with van der Waals surface area (Å²) in [5.41, 5.74) is 3.17. The van der Waals surface area contributed by atoms with E-state index < -0.39 is 17.5 Å². The number of thioether (sulfide) groups is 1. The fourth-order valence-corrected chi connectivity index (χ4v) is 4.82. The van der Waals surface area contributed by atoms with Crippen LogP contribution in [0.15, 0.2) is 90.6 Å². The summed E-state index contributed by atoms with van der Waals surface area (Å²) in [7, 11) is 0. The second-order valence-electron chi connectivity index (χ2n) is 7.78. The van der Waals surface area contributed by atoms with Crippen molar-refractivity contribution in [3.05, 3.63) is 108 Å². The topological polar surface area (TPSA) is 43.6 Å². The van der Waals surface area contributed by atoms with Crippen molar-refractivity contribution in [2.24, 2.45) is 0 Å². The molecule has 2 aromatic heterocycles. The van der Waals surface area contributed by atoms with Crippen LogP contribution in [0.2, 0.25) is 0 Å². The molecule has 0 radical (unpaired) electrons. The molecule has 0 amide bonds. The van der Waals surface area contributed by atoms with Gasteiger partial charge in [-0.2, -0.15) is 0 Å². The van der Waals surface area contributed by atoms with Crippen molar-refractivity contribution in [1.82, 2.24) is 19.7 Å². The molecule has 0 bridgehead atoms. The van der Waals surface area contributed by atoms with E-state index in [0.717, 1.165) is 39.5 Å². The van der Waals surface area contributed by atoms with Crippen LogP contribution in [0.5, 0.6) is 0 Å². The van der Waals surface area contributed by atoms with Gasteiger partial charge in [-0.15, -0.1) is 16.8 Å². The number of pyridine rings is 1. The number of benzene rings is 3. The van der Waals surface area contributed by atoms with E-state index >= 15 is 0 Å². The molecule has 8 heteroatoms. The summed E-state index contributed by atoms with van der Waals surface area (Å²) in [5.74, 6) is -2.30. The Labute approximate surface area is 204 Å². The highest BCUT2D eigenvalue weighted by atomic mass is 32.2. The van der Waals surface area contributed by atoms with Crippen molar-refractivity contribution in [1.29, 1.82) is 0 Å². The third-order valence-electron chi connectivity index (χ3n) is 5.51. The molecule has 0 saturated heterocycles. The summed E-state index contributed by atoms with van der Waals surface area (Å²) in [5, 5.41) is 10.1. The highest BCUT2D eigenvalue weighted by molar-refractivity contribution is 7.98. The van der Waals surface area contributed by atoms with Crippen LogP contribution in [-0.2, 0) is 12.3 Å². The maximum atomic E-state index is 14.2. The van der Waals surface area contributed by atoms with Gasteiger partial charge in [0.25, 0.3) is 0 Å². The van der Waals surface area contributed by atoms with Crippen molar-refractivity contribution in [2.45, 2.75) is 17.5 Å². The van der Waals surface area contributed by atoms with Crippen molar-refractivity contribution in [3.8, 4) is 22.6 Å². The Morgan fingerprint density at radius 1 is 0.886 bits per heavy atom. The van der Waals surface area contributed by atoms with Crippen LogP contribution in [0.4, 0.5) is 13.2 Å². The smallest absolute Gasteiger partial charge is 0.192 e. The van der Waals surface area contributed by atoms with Crippen molar-refractivity contribution in [2.75, 3.05) is 0 Å². The number of hydrogen-bond donors (Lipinski definition) is 0. The summed E-state index contributed by atoms with van der Waals surface area (Å²) in [6.07, 6.45) is 1.71. The molecule has 0 spiro atoms. The molecule has 0 atom stereocenters. The van der Waals surface area contributed by atoms with Gasteiger partial charge in [0.2, 0.25) is 0 Å². The number of halogens is 3. The normalized spacial score (nSPS) is 11.2. The maximum absolute atomic E-state index is 14.2. The van der Waals surface area contributed by atoms with Crippen LogP contribution < -0.4 is 0 Å². The Hall–Kier alpha value is -3.91. The van der Waals surface area contributed by atoms with Crippen LogP contribution in [0.25, 0.3) is 33.5 Å². The molecule has 0 saturated carbocycles. The molecule has 0 unspecified atom stereocenters. The lowest BCUT2D eigenvalue weighted by atomic mass is 10.0. The van der Waals surface area contributed by atoms with Gasteiger partial charge < -0.3 is 0 Å². The van der Waals surface area contributed by atoms with Gasteiger partial charge in [0.15, 0.2) is 11.0 Å². The van der Waals surface area contributed by atoms with E-state index in [9.17, 15) is 13.2 Å². The predicted octanol–water partition coefficient (Wildman–Crippen LogP) is 7.06. The summed E-state index contributed by atoms with van der Waals surface area (Å²) >= 11 is 1.12. The highest BCUT2D eigenvalue weighted by Crippen LogP contribution is 2.34. The van der Waals surface area contributed by atoms with Crippen molar-refractivity contribution >= 4 is 22.7 Å². The first-order valence-corrected chi connectivity index (χ1v) is 11.8. The fourth-order valence-electron chi connectivity index (χ4n) is 3.85. The number of fused-ring (bicyclic) bond motifs is 1. The largest absolute Gasteiger partial charge is 0.298 e. The number of para-hydroxylation sites is 1. The SMILES string of the molecule is C=CCn1c(SCc2c(F)cc(F)cc2F)nnc1-c1cc(-c2ccccc2)nc2ccccc12. The van der Waals surface area contributed by atoms with E-state index in [4.69, 9.17) is 4.98 Å². The Bertz CT molecular complexity index is 1510. The van der Waals surface area contributed by atoms with E-state index in [1.807, 2.05) is 65.2 Å². The van der Waals surface area contributed by atoms with E-state index in [1.54, 1.807) is 6.08 Å². The van der Waals surface area contributed by atoms with Gasteiger partial charge >= 0.3 is 0 Å². The molecule has 0 fully saturated rings. The first-order valence-electron chi connectivity index (χ1n) is 10.8. The maximum Gasteiger partial charge on any atom is 0.192 e. The van der Waals surface area contributed by atoms with Crippen LogP contribution >= 0.6 is 11.8 Å². The molecule has 2 heterocycles. The number of hydrogen-bond acceptors (Lipinski definition) is 4. The predicted molar refractivity (Wildman–Crippen MR) is 132 cm³/mol. The summed E-state index contributed by atoms with van der Waals surface area (Å²) in [4.78, 5) is 4.82. The molecule has 3 aromatic carbocycles. The Balaban J connectivity index is 1.59. The number of allylic oxidation sites excluding steroid dienone is 1. The van der Waals surface area contributed by atoms with E-state index in [-0.39, 0.29) is 11.3 Å². The van der Waals surface area contributed by atoms with E-state index in [1.165, 1.54) is 0 Å². The molecule has 0 aliphatic carbocycles. The Morgan fingerprint density at radius 2 is 1.60 bits per heavy atom.